The second kappa shape index (κ2) is 6.38. The first-order valence-electron chi connectivity index (χ1n) is 6.12. The van der Waals surface area contributed by atoms with Gasteiger partial charge in [0.25, 0.3) is 0 Å². The lowest BCUT2D eigenvalue weighted by Gasteiger charge is -2.17. The average Bonchev–Trinajstić information content (AvgIpc) is 2.48. The predicted octanol–water partition coefficient (Wildman–Crippen LogP) is 3.06. The first-order valence-corrected chi connectivity index (χ1v) is 6.12. The van der Waals surface area contributed by atoms with Gasteiger partial charge in [-0.1, -0.05) is 36.4 Å². The molecular weight excluding hydrogens is 254 g/mol. The Morgan fingerprint density at radius 2 is 1.45 bits per heavy atom. The number of hydrogen-bond donors (Lipinski definition) is 2. The standard InChI is InChI=1S/C15H15N3O2/c1-18(13-10-6-3-7-11-13)15(20)17-14(19)16-12-8-4-2-5-9-12/h2-11H,1H3,(H2,16,17,19,20). The van der Waals surface area contributed by atoms with Crippen LogP contribution in [0, 0.1) is 0 Å². The van der Waals surface area contributed by atoms with Gasteiger partial charge >= 0.3 is 12.1 Å². The number of carbonyl (C=O) groups excluding carboxylic acids is 2. The summed E-state index contributed by atoms with van der Waals surface area (Å²) < 4.78 is 0. The van der Waals surface area contributed by atoms with Crippen LogP contribution in [-0.2, 0) is 0 Å². The Labute approximate surface area is 117 Å². The van der Waals surface area contributed by atoms with Gasteiger partial charge in [-0.25, -0.2) is 9.59 Å². The normalized spacial score (nSPS) is 9.65. The van der Waals surface area contributed by atoms with E-state index in [9.17, 15) is 9.59 Å². The summed E-state index contributed by atoms with van der Waals surface area (Å²) in [5.41, 5.74) is 1.33. The summed E-state index contributed by atoms with van der Waals surface area (Å²) in [6.07, 6.45) is 0. The maximum Gasteiger partial charge on any atom is 0.329 e. The van der Waals surface area contributed by atoms with Crippen LogP contribution in [0.15, 0.2) is 60.7 Å². The SMILES string of the molecule is CN(C(=O)NC(=O)Nc1ccccc1)c1ccccc1. The number of benzene rings is 2. The third-order valence-electron chi connectivity index (χ3n) is 2.70. The van der Waals surface area contributed by atoms with Gasteiger partial charge in [-0.05, 0) is 24.3 Å². The number of para-hydroxylation sites is 2. The fraction of sp³-hybridized carbons (Fsp3) is 0.0667. The van der Waals surface area contributed by atoms with Gasteiger partial charge in [-0.15, -0.1) is 0 Å². The molecule has 5 heteroatoms. The van der Waals surface area contributed by atoms with Crippen molar-refractivity contribution < 1.29 is 9.59 Å². The lowest BCUT2D eigenvalue weighted by atomic mass is 10.3. The first-order chi connectivity index (χ1) is 9.66. The van der Waals surface area contributed by atoms with Crippen molar-refractivity contribution in [1.29, 1.82) is 0 Å². The van der Waals surface area contributed by atoms with Gasteiger partial charge in [0.05, 0.1) is 0 Å². The second-order valence-electron chi connectivity index (χ2n) is 4.14. The molecule has 0 spiro atoms. The summed E-state index contributed by atoms with van der Waals surface area (Å²) >= 11 is 0. The zero-order valence-electron chi connectivity index (χ0n) is 11.0. The summed E-state index contributed by atoms with van der Waals surface area (Å²) in [6, 6.07) is 16.9. The summed E-state index contributed by atoms with van der Waals surface area (Å²) in [5.74, 6) is 0. The molecule has 0 heterocycles. The number of anilines is 2. The quantitative estimate of drug-likeness (QED) is 0.880. The number of amides is 4. The van der Waals surface area contributed by atoms with Gasteiger partial charge in [0.2, 0.25) is 0 Å². The molecule has 0 aliphatic carbocycles. The van der Waals surface area contributed by atoms with Crippen LogP contribution in [0.5, 0.6) is 0 Å². The zero-order valence-corrected chi connectivity index (χ0v) is 11.0. The van der Waals surface area contributed by atoms with E-state index in [4.69, 9.17) is 0 Å². The average molecular weight is 269 g/mol. The van der Waals surface area contributed by atoms with Crippen LogP contribution in [0.25, 0.3) is 0 Å². The number of urea groups is 2. The lowest BCUT2D eigenvalue weighted by molar-refractivity contribution is 0.237. The Kier molecular flexibility index (Phi) is 4.34. The molecule has 5 nitrogen and oxygen atoms in total. The van der Waals surface area contributed by atoms with Crippen LogP contribution in [-0.4, -0.2) is 19.1 Å². The van der Waals surface area contributed by atoms with Gasteiger partial charge in [-0.3, -0.25) is 10.2 Å². The van der Waals surface area contributed by atoms with Crippen molar-refractivity contribution in [2.24, 2.45) is 0 Å². The smallest absolute Gasteiger partial charge is 0.308 e. The van der Waals surface area contributed by atoms with Crippen LogP contribution in [0.1, 0.15) is 0 Å². The molecule has 0 aliphatic heterocycles. The summed E-state index contributed by atoms with van der Waals surface area (Å²) in [7, 11) is 1.60. The van der Waals surface area contributed by atoms with E-state index >= 15 is 0 Å². The van der Waals surface area contributed by atoms with Crippen LogP contribution in [0.3, 0.4) is 0 Å². The molecule has 0 fully saturated rings. The molecule has 2 N–H and O–H groups in total. The highest BCUT2D eigenvalue weighted by Crippen LogP contribution is 2.11. The fourth-order valence-corrected chi connectivity index (χ4v) is 1.63. The van der Waals surface area contributed by atoms with Crippen LogP contribution < -0.4 is 15.5 Å². The van der Waals surface area contributed by atoms with Crippen molar-refractivity contribution >= 4 is 23.4 Å². The highest BCUT2D eigenvalue weighted by molar-refractivity contribution is 6.06. The Bertz CT molecular complexity index is 585. The van der Waals surface area contributed by atoms with Gasteiger partial charge in [-0.2, -0.15) is 0 Å². The molecule has 2 aromatic rings. The van der Waals surface area contributed by atoms with Crippen molar-refractivity contribution in [2.75, 3.05) is 17.3 Å². The van der Waals surface area contributed by atoms with Crippen molar-refractivity contribution in [1.82, 2.24) is 5.32 Å². The van der Waals surface area contributed by atoms with E-state index in [0.29, 0.717) is 11.4 Å². The highest BCUT2D eigenvalue weighted by Gasteiger charge is 2.13. The Hall–Kier alpha value is -2.82. The molecule has 0 aromatic heterocycles. The van der Waals surface area contributed by atoms with E-state index in [1.54, 1.807) is 43.4 Å². The number of hydrogen-bond acceptors (Lipinski definition) is 2. The van der Waals surface area contributed by atoms with Crippen LogP contribution >= 0.6 is 0 Å². The maximum atomic E-state index is 11.9. The molecule has 0 atom stereocenters. The van der Waals surface area contributed by atoms with Crippen LogP contribution in [0.4, 0.5) is 21.0 Å². The minimum absolute atomic E-state index is 0.496. The Balaban J connectivity index is 1.93. The summed E-state index contributed by atoms with van der Waals surface area (Å²) in [4.78, 5) is 25.0. The molecule has 102 valence electrons. The van der Waals surface area contributed by atoms with E-state index in [0.717, 1.165) is 0 Å². The minimum Gasteiger partial charge on any atom is -0.308 e. The second-order valence-corrected chi connectivity index (χ2v) is 4.14. The highest BCUT2D eigenvalue weighted by atomic mass is 16.2. The van der Waals surface area contributed by atoms with E-state index in [1.807, 2.05) is 24.3 Å². The van der Waals surface area contributed by atoms with Crippen molar-refractivity contribution in [3.05, 3.63) is 60.7 Å². The number of rotatable bonds is 2. The third kappa shape index (κ3) is 3.58. The van der Waals surface area contributed by atoms with E-state index < -0.39 is 12.1 Å². The molecule has 0 saturated carbocycles. The number of carbonyl (C=O) groups is 2. The lowest BCUT2D eigenvalue weighted by Crippen LogP contribution is -2.42. The van der Waals surface area contributed by atoms with Gasteiger partial charge in [0.1, 0.15) is 0 Å². The summed E-state index contributed by atoms with van der Waals surface area (Å²) in [6.45, 7) is 0. The van der Waals surface area contributed by atoms with Crippen molar-refractivity contribution in [2.45, 2.75) is 0 Å². The zero-order chi connectivity index (χ0) is 14.4. The minimum atomic E-state index is -0.566. The molecule has 4 amide bonds. The van der Waals surface area contributed by atoms with E-state index in [1.165, 1.54) is 4.90 Å². The monoisotopic (exact) mass is 269 g/mol. The third-order valence-corrected chi connectivity index (χ3v) is 2.70. The topological polar surface area (TPSA) is 61.4 Å². The molecule has 20 heavy (non-hydrogen) atoms. The maximum absolute atomic E-state index is 11.9. The molecule has 0 unspecified atom stereocenters. The summed E-state index contributed by atoms with van der Waals surface area (Å²) in [5, 5.41) is 4.85. The molecule has 2 aromatic carbocycles. The molecule has 0 saturated heterocycles. The molecule has 0 radical (unpaired) electrons. The van der Waals surface area contributed by atoms with E-state index in [-0.39, 0.29) is 0 Å². The van der Waals surface area contributed by atoms with Gasteiger partial charge in [0, 0.05) is 18.4 Å². The van der Waals surface area contributed by atoms with Crippen molar-refractivity contribution in [3.63, 3.8) is 0 Å². The Morgan fingerprint density at radius 3 is 2.05 bits per heavy atom. The molecule has 2 rings (SSSR count). The number of nitrogens with one attached hydrogen (secondary N) is 2. The molecule has 0 bridgehead atoms. The van der Waals surface area contributed by atoms with Gasteiger partial charge in [0.15, 0.2) is 0 Å². The van der Waals surface area contributed by atoms with Crippen molar-refractivity contribution in [3.8, 4) is 0 Å². The number of nitrogens with zero attached hydrogens (tertiary/aromatic N) is 1. The Morgan fingerprint density at radius 1 is 0.900 bits per heavy atom. The number of imide groups is 1. The van der Waals surface area contributed by atoms with Gasteiger partial charge < -0.3 is 5.32 Å². The predicted molar refractivity (Wildman–Crippen MR) is 78.8 cm³/mol. The molecular formula is C15H15N3O2. The van der Waals surface area contributed by atoms with Crippen LogP contribution in [0.2, 0.25) is 0 Å². The molecule has 0 aliphatic rings. The van der Waals surface area contributed by atoms with E-state index in [2.05, 4.69) is 10.6 Å². The largest absolute Gasteiger partial charge is 0.329 e. The fourth-order valence-electron chi connectivity index (χ4n) is 1.63. The first kappa shape index (κ1) is 13.6.